The van der Waals surface area contributed by atoms with Crippen LogP contribution < -0.4 is 5.32 Å². The van der Waals surface area contributed by atoms with Gasteiger partial charge in [-0.25, -0.2) is 0 Å². The third kappa shape index (κ3) is 3.91. The Kier molecular flexibility index (Phi) is 5.34. The number of benzene rings is 2. The molecule has 0 bridgehead atoms. The summed E-state index contributed by atoms with van der Waals surface area (Å²) in [6.07, 6.45) is 0. The molecule has 20 heavy (non-hydrogen) atoms. The van der Waals surface area contributed by atoms with E-state index in [0.29, 0.717) is 12.1 Å². The number of carboxylic acids is 1. The molecule has 2 N–H and O–H groups in total. The summed E-state index contributed by atoms with van der Waals surface area (Å²) in [6, 6.07) is 14.4. The van der Waals surface area contributed by atoms with E-state index < -0.39 is 12.0 Å². The average molecular weight is 399 g/mol. The maximum atomic E-state index is 11.4. The van der Waals surface area contributed by atoms with Gasteiger partial charge < -0.3 is 5.11 Å². The third-order valence-electron chi connectivity index (χ3n) is 2.88. The molecule has 0 saturated heterocycles. The lowest BCUT2D eigenvalue weighted by molar-refractivity contribution is -0.139. The van der Waals surface area contributed by atoms with Crippen molar-refractivity contribution in [3.63, 3.8) is 0 Å². The average Bonchev–Trinajstić information content (AvgIpc) is 2.43. The summed E-state index contributed by atoms with van der Waals surface area (Å²) < 4.78 is 1.73. The van der Waals surface area contributed by atoms with Gasteiger partial charge in [-0.3, -0.25) is 10.1 Å². The molecule has 2 aromatic carbocycles. The Morgan fingerprint density at radius 3 is 2.40 bits per heavy atom. The summed E-state index contributed by atoms with van der Waals surface area (Å²) in [7, 11) is 0. The Morgan fingerprint density at radius 2 is 1.80 bits per heavy atom. The second kappa shape index (κ2) is 7.02. The molecule has 0 radical (unpaired) electrons. The van der Waals surface area contributed by atoms with Crippen molar-refractivity contribution in [2.45, 2.75) is 12.6 Å². The van der Waals surface area contributed by atoms with E-state index in [1.807, 2.05) is 36.4 Å². The van der Waals surface area contributed by atoms with Crippen molar-refractivity contribution in [2.24, 2.45) is 0 Å². The number of nitrogens with one attached hydrogen (secondary N) is 1. The normalized spacial score (nSPS) is 12.1. The molecular formula is C15H13Br2NO2. The summed E-state index contributed by atoms with van der Waals surface area (Å²) in [5.41, 5.74) is 1.76. The lowest BCUT2D eigenvalue weighted by atomic mass is 10.1. The fourth-order valence-electron chi connectivity index (χ4n) is 1.86. The summed E-state index contributed by atoms with van der Waals surface area (Å²) in [5.74, 6) is -0.893. The number of carboxylic acid groups (broad SMARTS) is 1. The van der Waals surface area contributed by atoms with Gasteiger partial charge in [-0.05, 0) is 55.1 Å². The van der Waals surface area contributed by atoms with Crippen LogP contribution in [0.2, 0.25) is 0 Å². The van der Waals surface area contributed by atoms with Crippen LogP contribution in [0.4, 0.5) is 0 Å². The van der Waals surface area contributed by atoms with Crippen molar-refractivity contribution < 1.29 is 9.90 Å². The maximum absolute atomic E-state index is 11.4. The number of halogens is 2. The van der Waals surface area contributed by atoms with Gasteiger partial charge in [0.25, 0.3) is 0 Å². The zero-order valence-electron chi connectivity index (χ0n) is 10.5. The van der Waals surface area contributed by atoms with Gasteiger partial charge in [0.15, 0.2) is 0 Å². The third-order valence-corrected chi connectivity index (χ3v) is 4.76. The van der Waals surface area contributed by atoms with E-state index in [4.69, 9.17) is 0 Å². The molecule has 0 spiro atoms. The summed E-state index contributed by atoms with van der Waals surface area (Å²) in [4.78, 5) is 11.4. The standard InChI is InChI=1S/C15H13Br2NO2/c16-12-7-6-11(8-13(12)17)14(15(19)20)18-9-10-4-2-1-3-5-10/h1-8,14,18H,9H2,(H,19,20). The minimum absolute atomic E-state index is 0.505. The molecule has 3 nitrogen and oxygen atoms in total. The van der Waals surface area contributed by atoms with Crippen molar-refractivity contribution >= 4 is 37.8 Å². The van der Waals surface area contributed by atoms with E-state index in [0.717, 1.165) is 14.5 Å². The zero-order valence-corrected chi connectivity index (χ0v) is 13.7. The van der Waals surface area contributed by atoms with Gasteiger partial charge in [0, 0.05) is 15.5 Å². The first-order valence-electron chi connectivity index (χ1n) is 6.03. The SMILES string of the molecule is O=C(O)C(NCc1ccccc1)c1ccc(Br)c(Br)c1. The van der Waals surface area contributed by atoms with E-state index in [-0.39, 0.29) is 0 Å². The Balaban J connectivity index is 2.15. The molecule has 0 fully saturated rings. The molecule has 1 unspecified atom stereocenters. The van der Waals surface area contributed by atoms with Crippen LogP contribution in [0, 0.1) is 0 Å². The highest BCUT2D eigenvalue weighted by Gasteiger charge is 2.19. The van der Waals surface area contributed by atoms with Crippen molar-refractivity contribution in [1.29, 1.82) is 0 Å². The highest BCUT2D eigenvalue weighted by atomic mass is 79.9. The summed E-state index contributed by atoms with van der Waals surface area (Å²) >= 11 is 6.77. The molecule has 2 aromatic rings. The Morgan fingerprint density at radius 1 is 1.10 bits per heavy atom. The highest BCUT2D eigenvalue weighted by Crippen LogP contribution is 2.26. The quantitative estimate of drug-likeness (QED) is 0.796. The fourth-order valence-corrected chi connectivity index (χ4v) is 2.50. The fraction of sp³-hybridized carbons (Fsp3) is 0.133. The van der Waals surface area contributed by atoms with Gasteiger partial charge in [0.05, 0.1) is 0 Å². The lowest BCUT2D eigenvalue weighted by Gasteiger charge is -2.15. The second-order valence-corrected chi connectivity index (χ2v) is 6.02. The molecule has 0 aliphatic rings. The lowest BCUT2D eigenvalue weighted by Crippen LogP contribution is -2.28. The van der Waals surface area contributed by atoms with E-state index >= 15 is 0 Å². The number of rotatable bonds is 5. The van der Waals surface area contributed by atoms with E-state index in [1.165, 1.54) is 0 Å². The highest BCUT2D eigenvalue weighted by molar-refractivity contribution is 9.13. The number of carbonyl (C=O) groups is 1. The smallest absolute Gasteiger partial charge is 0.325 e. The molecule has 1 atom stereocenters. The second-order valence-electron chi connectivity index (χ2n) is 4.31. The van der Waals surface area contributed by atoms with Crippen molar-refractivity contribution in [3.05, 3.63) is 68.6 Å². The molecule has 0 aliphatic heterocycles. The van der Waals surface area contributed by atoms with Crippen LogP contribution in [0.3, 0.4) is 0 Å². The zero-order chi connectivity index (χ0) is 14.5. The van der Waals surface area contributed by atoms with Gasteiger partial charge in [0.1, 0.15) is 6.04 Å². The monoisotopic (exact) mass is 397 g/mol. The van der Waals surface area contributed by atoms with Gasteiger partial charge in [-0.2, -0.15) is 0 Å². The Labute approximate surface area is 134 Å². The van der Waals surface area contributed by atoms with Crippen LogP contribution in [0.25, 0.3) is 0 Å². The number of hydrogen-bond acceptors (Lipinski definition) is 2. The maximum Gasteiger partial charge on any atom is 0.325 e. The summed E-state index contributed by atoms with van der Waals surface area (Å²) in [5, 5.41) is 12.4. The van der Waals surface area contributed by atoms with Crippen LogP contribution in [0.15, 0.2) is 57.5 Å². The first-order chi connectivity index (χ1) is 9.58. The number of hydrogen-bond donors (Lipinski definition) is 2. The van der Waals surface area contributed by atoms with Crippen LogP contribution in [-0.2, 0) is 11.3 Å². The van der Waals surface area contributed by atoms with E-state index in [9.17, 15) is 9.90 Å². The number of aliphatic carboxylic acids is 1. The van der Waals surface area contributed by atoms with Crippen molar-refractivity contribution in [3.8, 4) is 0 Å². The largest absolute Gasteiger partial charge is 0.480 e. The topological polar surface area (TPSA) is 49.3 Å². The molecule has 0 amide bonds. The predicted molar refractivity (Wildman–Crippen MR) is 85.5 cm³/mol. The molecule has 5 heteroatoms. The minimum atomic E-state index is -0.893. The summed E-state index contributed by atoms with van der Waals surface area (Å²) in [6.45, 7) is 0.505. The van der Waals surface area contributed by atoms with Crippen LogP contribution >= 0.6 is 31.9 Å². The molecule has 2 rings (SSSR count). The van der Waals surface area contributed by atoms with Gasteiger partial charge in [-0.15, -0.1) is 0 Å². The first kappa shape index (κ1) is 15.2. The Bertz CT molecular complexity index is 602. The van der Waals surface area contributed by atoms with Crippen LogP contribution in [0.1, 0.15) is 17.2 Å². The van der Waals surface area contributed by atoms with Gasteiger partial charge in [0.2, 0.25) is 0 Å². The minimum Gasteiger partial charge on any atom is -0.480 e. The van der Waals surface area contributed by atoms with Crippen LogP contribution in [0.5, 0.6) is 0 Å². The van der Waals surface area contributed by atoms with Gasteiger partial charge in [-0.1, -0.05) is 36.4 Å². The van der Waals surface area contributed by atoms with E-state index in [2.05, 4.69) is 37.2 Å². The van der Waals surface area contributed by atoms with Gasteiger partial charge >= 0.3 is 5.97 Å². The van der Waals surface area contributed by atoms with Crippen molar-refractivity contribution in [1.82, 2.24) is 5.32 Å². The molecule has 104 valence electrons. The molecular weight excluding hydrogens is 386 g/mol. The molecule has 0 heterocycles. The predicted octanol–water partition coefficient (Wildman–Crippen LogP) is 4.13. The van der Waals surface area contributed by atoms with E-state index in [1.54, 1.807) is 12.1 Å². The molecule has 0 saturated carbocycles. The Hall–Kier alpha value is -1.17. The molecule has 0 aromatic heterocycles. The first-order valence-corrected chi connectivity index (χ1v) is 7.61. The van der Waals surface area contributed by atoms with Crippen LogP contribution in [-0.4, -0.2) is 11.1 Å². The van der Waals surface area contributed by atoms with Crippen molar-refractivity contribution in [2.75, 3.05) is 0 Å². The molecule has 0 aliphatic carbocycles.